The van der Waals surface area contributed by atoms with Crippen LogP contribution in [0.1, 0.15) is 18.1 Å². The molecule has 4 aromatic heterocycles. The van der Waals surface area contributed by atoms with Gasteiger partial charge >= 0.3 is 0 Å². The Kier molecular flexibility index (Phi) is 4.66. The van der Waals surface area contributed by atoms with E-state index in [1.807, 2.05) is 72.3 Å². The summed E-state index contributed by atoms with van der Waals surface area (Å²) in [5.41, 5.74) is 4.54. The minimum absolute atomic E-state index is 0.109. The van der Waals surface area contributed by atoms with Crippen molar-refractivity contribution in [3.05, 3.63) is 77.1 Å². The smallest absolute Gasteiger partial charge is 0.248 e. The number of carbonyl (C=O) groups excluding carboxylic acids is 1. The van der Waals surface area contributed by atoms with E-state index in [1.165, 1.54) is 0 Å². The molecule has 1 N–H and O–H groups in total. The van der Waals surface area contributed by atoms with E-state index >= 15 is 0 Å². The molecule has 4 heterocycles. The number of aromatic nitrogens is 4. The molecule has 7 nitrogen and oxygen atoms in total. The van der Waals surface area contributed by atoms with Crippen molar-refractivity contribution in [3.8, 4) is 11.5 Å². The average molecular weight is 454 g/mol. The topological polar surface area (TPSA) is 85.3 Å². The molecule has 6 aromatic rings. The molecule has 0 radical (unpaired) electrons. The van der Waals surface area contributed by atoms with Crippen molar-refractivity contribution < 1.29 is 9.21 Å². The van der Waals surface area contributed by atoms with Crippen molar-refractivity contribution >= 4 is 50.3 Å². The van der Waals surface area contributed by atoms with Crippen LogP contribution in [0.2, 0.25) is 0 Å². The Morgan fingerprint density at radius 2 is 1.88 bits per heavy atom. The summed E-state index contributed by atoms with van der Waals surface area (Å²) < 4.78 is 7.83. The van der Waals surface area contributed by atoms with Crippen LogP contribution in [0.25, 0.3) is 38.8 Å². The molecular formula is C25H19N5O2S. The highest BCUT2D eigenvalue weighted by molar-refractivity contribution is 7.08. The van der Waals surface area contributed by atoms with Gasteiger partial charge < -0.3 is 9.73 Å². The molecule has 0 bridgehead atoms. The number of aryl methyl sites for hydroxylation is 2. The maximum absolute atomic E-state index is 13.0. The zero-order valence-electron chi connectivity index (χ0n) is 17.8. The highest BCUT2D eigenvalue weighted by Gasteiger charge is 2.19. The van der Waals surface area contributed by atoms with Crippen molar-refractivity contribution in [2.45, 2.75) is 19.8 Å². The van der Waals surface area contributed by atoms with Crippen molar-refractivity contribution in [2.75, 3.05) is 5.32 Å². The standard InChI is InChI=1S/C25H19N5O2S/c1-15-26-19-8-4-2-6-17(19)24-23(18-7-3-5-9-20(18)30(15)24)27-21(31)10-11-22-28-29-25(32-22)16-12-13-33-14-16/h2-9,12-14H,10-11H2,1H3,(H,27,31). The summed E-state index contributed by atoms with van der Waals surface area (Å²) in [7, 11) is 0. The van der Waals surface area contributed by atoms with Crippen LogP contribution in [0.4, 0.5) is 5.69 Å². The Morgan fingerprint density at radius 1 is 1.06 bits per heavy atom. The van der Waals surface area contributed by atoms with Crippen LogP contribution in [0.5, 0.6) is 0 Å². The average Bonchev–Trinajstić information content (AvgIpc) is 3.58. The number of hydrogen-bond donors (Lipinski definition) is 1. The van der Waals surface area contributed by atoms with Gasteiger partial charge in [-0.15, -0.1) is 10.2 Å². The third-order valence-electron chi connectivity index (χ3n) is 5.71. The zero-order chi connectivity index (χ0) is 22.4. The van der Waals surface area contributed by atoms with Crippen molar-refractivity contribution in [1.29, 1.82) is 0 Å². The molecule has 0 atom stereocenters. The van der Waals surface area contributed by atoms with Crippen LogP contribution in [0, 0.1) is 6.92 Å². The Bertz CT molecular complexity index is 1630. The second-order valence-corrected chi connectivity index (χ2v) is 8.59. The summed E-state index contributed by atoms with van der Waals surface area (Å²) in [5.74, 6) is 1.68. The van der Waals surface area contributed by atoms with Gasteiger partial charge in [-0.25, -0.2) is 4.98 Å². The highest BCUT2D eigenvalue weighted by Crippen LogP contribution is 2.36. The lowest BCUT2D eigenvalue weighted by molar-refractivity contribution is -0.116. The molecule has 0 saturated heterocycles. The Balaban J connectivity index is 1.34. The predicted octanol–water partition coefficient (Wildman–Crippen LogP) is 5.63. The van der Waals surface area contributed by atoms with E-state index in [0.717, 1.165) is 44.4 Å². The van der Waals surface area contributed by atoms with E-state index in [9.17, 15) is 4.79 Å². The van der Waals surface area contributed by atoms with Gasteiger partial charge in [-0.1, -0.05) is 36.4 Å². The molecule has 0 unspecified atom stereocenters. The Hall–Kier alpha value is -4.04. The number of fused-ring (bicyclic) bond motifs is 5. The zero-order valence-corrected chi connectivity index (χ0v) is 18.6. The first-order chi connectivity index (χ1) is 16.2. The molecule has 0 saturated carbocycles. The minimum atomic E-state index is -0.109. The van der Waals surface area contributed by atoms with E-state index in [-0.39, 0.29) is 12.3 Å². The second-order valence-electron chi connectivity index (χ2n) is 7.81. The fourth-order valence-electron chi connectivity index (χ4n) is 4.23. The number of rotatable bonds is 5. The lowest BCUT2D eigenvalue weighted by atomic mass is 10.1. The molecule has 2 aromatic carbocycles. The molecule has 0 aliphatic heterocycles. The summed E-state index contributed by atoms with van der Waals surface area (Å²) in [6.07, 6.45) is 0.604. The Labute approximate surface area is 192 Å². The van der Waals surface area contributed by atoms with E-state index in [4.69, 9.17) is 9.40 Å². The van der Waals surface area contributed by atoms with E-state index < -0.39 is 0 Å². The molecule has 33 heavy (non-hydrogen) atoms. The third kappa shape index (κ3) is 3.35. The van der Waals surface area contributed by atoms with Crippen LogP contribution in [-0.4, -0.2) is 25.5 Å². The van der Waals surface area contributed by atoms with Crippen molar-refractivity contribution in [2.24, 2.45) is 0 Å². The number of para-hydroxylation sites is 2. The predicted molar refractivity (Wildman–Crippen MR) is 130 cm³/mol. The fourth-order valence-corrected chi connectivity index (χ4v) is 4.86. The molecular weight excluding hydrogens is 434 g/mol. The number of benzene rings is 2. The molecule has 8 heteroatoms. The van der Waals surface area contributed by atoms with Gasteiger partial charge in [0.25, 0.3) is 0 Å². The van der Waals surface area contributed by atoms with Gasteiger partial charge in [-0.3, -0.25) is 9.20 Å². The van der Waals surface area contributed by atoms with Gasteiger partial charge in [0, 0.05) is 34.6 Å². The summed E-state index contributed by atoms with van der Waals surface area (Å²) >= 11 is 1.57. The van der Waals surface area contributed by atoms with Gasteiger partial charge in [0.2, 0.25) is 17.7 Å². The fraction of sp³-hybridized carbons (Fsp3) is 0.120. The summed E-state index contributed by atoms with van der Waals surface area (Å²) in [4.78, 5) is 17.8. The lowest BCUT2D eigenvalue weighted by Crippen LogP contribution is -2.12. The maximum atomic E-state index is 13.0. The first-order valence-corrected chi connectivity index (χ1v) is 11.6. The summed E-state index contributed by atoms with van der Waals surface area (Å²) in [6, 6.07) is 18.0. The monoisotopic (exact) mass is 453 g/mol. The number of amides is 1. The van der Waals surface area contributed by atoms with E-state index in [0.29, 0.717) is 18.2 Å². The number of carbonyl (C=O) groups is 1. The highest BCUT2D eigenvalue weighted by atomic mass is 32.1. The number of anilines is 1. The minimum Gasteiger partial charge on any atom is -0.421 e. The second kappa shape index (κ2) is 7.83. The lowest BCUT2D eigenvalue weighted by Gasteiger charge is -2.09. The molecule has 0 spiro atoms. The van der Waals surface area contributed by atoms with Crippen molar-refractivity contribution in [1.82, 2.24) is 19.6 Å². The summed E-state index contributed by atoms with van der Waals surface area (Å²) in [5, 5.41) is 17.2. The number of hydrogen-bond acceptors (Lipinski definition) is 6. The Morgan fingerprint density at radius 3 is 2.73 bits per heavy atom. The maximum Gasteiger partial charge on any atom is 0.248 e. The van der Waals surface area contributed by atoms with Gasteiger partial charge in [0.1, 0.15) is 5.82 Å². The number of nitrogens with one attached hydrogen (secondary N) is 1. The van der Waals surface area contributed by atoms with E-state index in [2.05, 4.69) is 19.9 Å². The first-order valence-electron chi connectivity index (χ1n) is 10.6. The quantitative estimate of drug-likeness (QED) is 0.366. The SMILES string of the molecule is Cc1nc2ccccc2c2c(NC(=O)CCc3nnc(-c4ccsc4)o3)c3ccccc3n12. The van der Waals surface area contributed by atoms with Gasteiger partial charge in [-0.05, 0) is 30.5 Å². The van der Waals surface area contributed by atoms with E-state index in [1.54, 1.807) is 11.3 Å². The molecule has 0 aliphatic carbocycles. The van der Waals surface area contributed by atoms with Gasteiger partial charge in [-0.2, -0.15) is 11.3 Å². The normalized spacial score (nSPS) is 11.5. The van der Waals surface area contributed by atoms with Crippen LogP contribution in [-0.2, 0) is 11.2 Å². The molecule has 162 valence electrons. The van der Waals surface area contributed by atoms with Gasteiger partial charge in [0.15, 0.2) is 0 Å². The summed E-state index contributed by atoms with van der Waals surface area (Å²) in [6.45, 7) is 1.98. The molecule has 0 fully saturated rings. The first kappa shape index (κ1) is 19.6. The van der Waals surface area contributed by atoms with Crippen LogP contribution in [0.15, 0.2) is 69.8 Å². The van der Waals surface area contributed by atoms with Crippen LogP contribution >= 0.6 is 11.3 Å². The van der Waals surface area contributed by atoms with Crippen molar-refractivity contribution in [3.63, 3.8) is 0 Å². The largest absolute Gasteiger partial charge is 0.421 e. The van der Waals surface area contributed by atoms with Gasteiger partial charge in [0.05, 0.1) is 22.2 Å². The molecule has 6 rings (SSSR count). The number of nitrogens with zero attached hydrogens (tertiary/aromatic N) is 4. The van der Waals surface area contributed by atoms with Crippen LogP contribution < -0.4 is 5.32 Å². The third-order valence-corrected chi connectivity index (χ3v) is 6.39. The molecule has 0 aliphatic rings. The van der Waals surface area contributed by atoms with Crippen LogP contribution in [0.3, 0.4) is 0 Å². The number of thiophene rings is 1. The molecule has 1 amide bonds.